The van der Waals surface area contributed by atoms with E-state index in [0.717, 1.165) is 12.3 Å². The highest BCUT2D eigenvalue weighted by Crippen LogP contribution is 2.22. The molecule has 1 aliphatic heterocycles. The van der Waals surface area contributed by atoms with Crippen LogP contribution in [0.5, 0.6) is 0 Å². The SMILES string of the molecule is COC(=O)c1ccc([C@@H]2CSCCN2)cc1. The quantitative estimate of drug-likeness (QED) is 0.797. The Morgan fingerprint density at radius 2 is 2.19 bits per heavy atom. The van der Waals surface area contributed by atoms with E-state index in [1.165, 1.54) is 18.4 Å². The Morgan fingerprint density at radius 1 is 1.44 bits per heavy atom. The molecule has 1 atom stereocenters. The molecule has 0 bridgehead atoms. The van der Waals surface area contributed by atoms with Crippen LogP contribution >= 0.6 is 11.8 Å². The molecule has 0 unspecified atom stereocenters. The number of hydrogen-bond donors (Lipinski definition) is 1. The third-order valence-electron chi connectivity index (χ3n) is 2.66. The van der Waals surface area contributed by atoms with Crippen LogP contribution in [0, 0.1) is 0 Å². The maximum absolute atomic E-state index is 11.3. The van der Waals surface area contributed by atoms with Crippen molar-refractivity contribution >= 4 is 17.7 Å². The molecule has 2 rings (SSSR count). The Morgan fingerprint density at radius 3 is 2.75 bits per heavy atom. The fourth-order valence-electron chi connectivity index (χ4n) is 1.75. The van der Waals surface area contributed by atoms with Gasteiger partial charge >= 0.3 is 5.97 Å². The van der Waals surface area contributed by atoms with Crippen molar-refractivity contribution in [2.45, 2.75) is 6.04 Å². The number of benzene rings is 1. The van der Waals surface area contributed by atoms with Gasteiger partial charge in [0.2, 0.25) is 0 Å². The van der Waals surface area contributed by atoms with E-state index in [-0.39, 0.29) is 5.97 Å². The summed E-state index contributed by atoms with van der Waals surface area (Å²) in [5.41, 5.74) is 1.84. The molecule has 1 N–H and O–H groups in total. The van der Waals surface area contributed by atoms with Crippen LogP contribution in [0.1, 0.15) is 22.0 Å². The van der Waals surface area contributed by atoms with Crippen molar-refractivity contribution in [3.63, 3.8) is 0 Å². The molecule has 1 aromatic rings. The van der Waals surface area contributed by atoms with Gasteiger partial charge in [-0.1, -0.05) is 12.1 Å². The number of ether oxygens (including phenoxy) is 1. The van der Waals surface area contributed by atoms with Gasteiger partial charge in [-0.15, -0.1) is 0 Å². The Labute approximate surface area is 99.6 Å². The van der Waals surface area contributed by atoms with Crippen LogP contribution in [0.25, 0.3) is 0 Å². The molecule has 1 heterocycles. The van der Waals surface area contributed by atoms with Crippen LogP contribution in [0.3, 0.4) is 0 Å². The van der Waals surface area contributed by atoms with E-state index >= 15 is 0 Å². The summed E-state index contributed by atoms with van der Waals surface area (Å²) >= 11 is 1.96. The van der Waals surface area contributed by atoms with Gasteiger partial charge < -0.3 is 10.1 Å². The van der Waals surface area contributed by atoms with Gasteiger partial charge in [-0.05, 0) is 17.7 Å². The van der Waals surface area contributed by atoms with Crippen molar-refractivity contribution < 1.29 is 9.53 Å². The molecule has 0 spiro atoms. The van der Waals surface area contributed by atoms with Crippen molar-refractivity contribution in [2.24, 2.45) is 0 Å². The molecule has 0 amide bonds. The third kappa shape index (κ3) is 2.57. The molecular weight excluding hydrogens is 222 g/mol. The van der Waals surface area contributed by atoms with Crippen LogP contribution in [0.15, 0.2) is 24.3 Å². The molecule has 0 aliphatic carbocycles. The number of carbonyl (C=O) groups excluding carboxylic acids is 1. The molecule has 86 valence electrons. The lowest BCUT2D eigenvalue weighted by Crippen LogP contribution is -2.30. The first-order valence-electron chi connectivity index (χ1n) is 5.30. The number of carbonyl (C=O) groups is 1. The minimum absolute atomic E-state index is 0.280. The average Bonchev–Trinajstić information content (AvgIpc) is 2.39. The minimum Gasteiger partial charge on any atom is -0.465 e. The van der Waals surface area contributed by atoms with E-state index < -0.39 is 0 Å². The van der Waals surface area contributed by atoms with Crippen LogP contribution in [-0.2, 0) is 4.74 Å². The lowest BCUT2D eigenvalue weighted by molar-refractivity contribution is 0.0600. The number of rotatable bonds is 2. The fraction of sp³-hybridized carbons (Fsp3) is 0.417. The molecule has 4 heteroatoms. The van der Waals surface area contributed by atoms with Gasteiger partial charge in [-0.3, -0.25) is 0 Å². The first kappa shape index (κ1) is 11.5. The summed E-state index contributed by atoms with van der Waals surface area (Å²) in [6, 6.07) is 8.04. The molecule has 1 aromatic carbocycles. The van der Waals surface area contributed by atoms with Crippen molar-refractivity contribution in [2.75, 3.05) is 25.2 Å². The van der Waals surface area contributed by atoms with Gasteiger partial charge in [-0.2, -0.15) is 11.8 Å². The monoisotopic (exact) mass is 237 g/mol. The molecule has 1 fully saturated rings. The maximum Gasteiger partial charge on any atom is 0.337 e. The number of esters is 1. The molecule has 16 heavy (non-hydrogen) atoms. The van der Waals surface area contributed by atoms with E-state index in [1.54, 1.807) is 0 Å². The third-order valence-corrected chi connectivity index (χ3v) is 3.72. The lowest BCUT2D eigenvalue weighted by Gasteiger charge is -2.23. The highest BCUT2D eigenvalue weighted by atomic mass is 32.2. The zero-order chi connectivity index (χ0) is 11.4. The molecule has 0 aromatic heterocycles. The van der Waals surface area contributed by atoms with Gasteiger partial charge in [0.15, 0.2) is 0 Å². The maximum atomic E-state index is 11.3. The summed E-state index contributed by atoms with van der Waals surface area (Å²) in [6.07, 6.45) is 0. The van der Waals surface area contributed by atoms with Crippen LogP contribution in [0.2, 0.25) is 0 Å². The van der Waals surface area contributed by atoms with Crippen molar-refractivity contribution in [3.8, 4) is 0 Å². The summed E-state index contributed by atoms with van der Waals surface area (Å²) in [4.78, 5) is 11.3. The molecule has 1 saturated heterocycles. The Hall–Kier alpha value is -1.00. The average molecular weight is 237 g/mol. The number of nitrogens with one attached hydrogen (secondary N) is 1. The molecule has 0 saturated carbocycles. The van der Waals surface area contributed by atoms with Crippen molar-refractivity contribution in [3.05, 3.63) is 35.4 Å². The zero-order valence-corrected chi connectivity index (χ0v) is 10.0. The predicted molar refractivity (Wildman–Crippen MR) is 65.9 cm³/mol. The standard InChI is InChI=1S/C12H15NO2S/c1-15-12(14)10-4-2-9(3-5-10)11-8-16-7-6-13-11/h2-5,11,13H,6-8H2,1H3/t11-/m0/s1. The second-order valence-electron chi connectivity index (χ2n) is 3.70. The summed E-state index contributed by atoms with van der Waals surface area (Å²) in [7, 11) is 1.40. The first-order valence-corrected chi connectivity index (χ1v) is 6.46. The van der Waals surface area contributed by atoms with Crippen LogP contribution in [-0.4, -0.2) is 31.1 Å². The van der Waals surface area contributed by atoms with E-state index in [2.05, 4.69) is 10.1 Å². The Bertz CT molecular complexity index is 358. The fourth-order valence-corrected chi connectivity index (χ4v) is 2.72. The number of methoxy groups -OCH3 is 1. The van der Waals surface area contributed by atoms with E-state index in [9.17, 15) is 4.79 Å². The van der Waals surface area contributed by atoms with E-state index in [4.69, 9.17) is 0 Å². The second kappa shape index (κ2) is 5.37. The van der Waals surface area contributed by atoms with E-state index in [0.29, 0.717) is 11.6 Å². The molecular formula is C12H15NO2S. The van der Waals surface area contributed by atoms with E-state index in [1.807, 2.05) is 36.0 Å². The first-order chi connectivity index (χ1) is 7.81. The summed E-state index contributed by atoms with van der Waals surface area (Å²) < 4.78 is 4.66. The summed E-state index contributed by atoms with van der Waals surface area (Å²) in [5.74, 6) is 1.99. The Kier molecular flexibility index (Phi) is 3.85. The number of hydrogen-bond acceptors (Lipinski definition) is 4. The van der Waals surface area contributed by atoms with Crippen LogP contribution in [0.4, 0.5) is 0 Å². The number of thioether (sulfide) groups is 1. The predicted octanol–water partition coefficient (Wildman–Crippen LogP) is 1.85. The van der Waals surface area contributed by atoms with Gasteiger partial charge in [0.1, 0.15) is 0 Å². The Balaban J connectivity index is 2.09. The van der Waals surface area contributed by atoms with Gasteiger partial charge in [0.05, 0.1) is 12.7 Å². The van der Waals surface area contributed by atoms with Gasteiger partial charge in [0, 0.05) is 24.1 Å². The second-order valence-corrected chi connectivity index (χ2v) is 4.85. The molecule has 0 radical (unpaired) electrons. The minimum atomic E-state index is -0.280. The smallest absolute Gasteiger partial charge is 0.337 e. The zero-order valence-electron chi connectivity index (χ0n) is 9.23. The van der Waals surface area contributed by atoms with Crippen molar-refractivity contribution in [1.29, 1.82) is 0 Å². The molecule has 1 aliphatic rings. The highest BCUT2D eigenvalue weighted by Gasteiger charge is 2.15. The molecule has 3 nitrogen and oxygen atoms in total. The van der Waals surface area contributed by atoms with Crippen LogP contribution < -0.4 is 5.32 Å². The highest BCUT2D eigenvalue weighted by molar-refractivity contribution is 7.99. The normalized spacial score (nSPS) is 20.4. The van der Waals surface area contributed by atoms with Crippen molar-refractivity contribution in [1.82, 2.24) is 5.32 Å². The van der Waals surface area contributed by atoms with Gasteiger partial charge in [0.25, 0.3) is 0 Å². The lowest BCUT2D eigenvalue weighted by atomic mass is 10.1. The summed E-state index contributed by atoms with van der Waals surface area (Å²) in [5, 5.41) is 3.46. The van der Waals surface area contributed by atoms with Gasteiger partial charge in [-0.25, -0.2) is 4.79 Å². The topological polar surface area (TPSA) is 38.3 Å². The summed E-state index contributed by atoms with van der Waals surface area (Å²) in [6.45, 7) is 1.05. The largest absolute Gasteiger partial charge is 0.465 e.